The minimum absolute atomic E-state index is 0.0711. The van der Waals surface area contributed by atoms with Gasteiger partial charge < -0.3 is 10.0 Å². The predicted molar refractivity (Wildman–Crippen MR) is 82.0 cm³/mol. The van der Waals surface area contributed by atoms with E-state index in [-0.39, 0.29) is 12.5 Å². The Morgan fingerprint density at radius 3 is 2.29 bits per heavy atom. The topological polar surface area (TPSA) is 60.9 Å². The number of hydrogen-bond donors (Lipinski definition) is 1. The summed E-state index contributed by atoms with van der Waals surface area (Å²) in [7, 11) is 3.38. The van der Waals surface area contributed by atoms with Crippen LogP contribution in [0.15, 0.2) is 24.3 Å². The van der Waals surface area contributed by atoms with Crippen LogP contribution in [0.3, 0.4) is 0 Å². The van der Waals surface area contributed by atoms with E-state index in [4.69, 9.17) is 5.11 Å². The number of carboxylic acids is 1. The van der Waals surface area contributed by atoms with Crippen LogP contribution in [-0.4, -0.2) is 53.0 Å². The fraction of sp³-hybridized carbons (Fsp3) is 0.500. The second-order valence-corrected chi connectivity index (χ2v) is 5.90. The van der Waals surface area contributed by atoms with Gasteiger partial charge in [0.05, 0.1) is 6.54 Å². The molecule has 5 nitrogen and oxygen atoms in total. The lowest BCUT2D eigenvalue weighted by Gasteiger charge is -2.32. The average molecular weight is 292 g/mol. The van der Waals surface area contributed by atoms with Crippen molar-refractivity contribution in [2.45, 2.75) is 32.9 Å². The molecular formula is C16H24N2O3. The van der Waals surface area contributed by atoms with E-state index in [1.807, 2.05) is 31.2 Å². The normalized spacial score (nSPS) is 11.5. The van der Waals surface area contributed by atoms with Gasteiger partial charge >= 0.3 is 5.97 Å². The van der Waals surface area contributed by atoms with Gasteiger partial charge in [0, 0.05) is 13.6 Å². The summed E-state index contributed by atoms with van der Waals surface area (Å²) in [6, 6.07) is 7.90. The Morgan fingerprint density at radius 1 is 1.19 bits per heavy atom. The number of carboxylic acid groups (broad SMARTS) is 1. The number of benzene rings is 1. The fourth-order valence-corrected chi connectivity index (χ4v) is 1.82. The molecule has 0 saturated heterocycles. The second-order valence-electron chi connectivity index (χ2n) is 5.90. The Labute approximate surface area is 126 Å². The summed E-state index contributed by atoms with van der Waals surface area (Å²) in [5.74, 6) is -1.05. The highest BCUT2D eigenvalue weighted by Gasteiger charge is 2.33. The molecule has 0 unspecified atom stereocenters. The summed E-state index contributed by atoms with van der Waals surface area (Å²) in [5, 5.41) is 9.17. The van der Waals surface area contributed by atoms with E-state index in [1.165, 1.54) is 0 Å². The van der Waals surface area contributed by atoms with Crippen molar-refractivity contribution < 1.29 is 14.7 Å². The molecule has 21 heavy (non-hydrogen) atoms. The van der Waals surface area contributed by atoms with Crippen molar-refractivity contribution >= 4 is 11.9 Å². The molecule has 1 rings (SSSR count). The van der Waals surface area contributed by atoms with Crippen LogP contribution in [0, 0.1) is 6.92 Å². The maximum absolute atomic E-state index is 12.2. The molecule has 1 amide bonds. The van der Waals surface area contributed by atoms with Crippen molar-refractivity contribution in [3.63, 3.8) is 0 Å². The van der Waals surface area contributed by atoms with E-state index in [0.29, 0.717) is 6.54 Å². The molecule has 0 bridgehead atoms. The van der Waals surface area contributed by atoms with Gasteiger partial charge in [-0.1, -0.05) is 24.3 Å². The third kappa shape index (κ3) is 4.29. The summed E-state index contributed by atoms with van der Waals surface area (Å²) in [6.07, 6.45) is 0. The number of likely N-dealkylation sites (N-methyl/N-ethyl adjacent to an activating group) is 2. The van der Waals surface area contributed by atoms with Gasteiger partial charge in [-0.15, -0.1) is 0 Å². The summed E-state index contributed by atoms with van der Waals surface area (Å²) in [4.78, 5) is 26.6. The number of aryl methyl sites for hydroxylation is 1. The number of carbonyl (C=O) groups excluding carboxylic acids is 1. The first kappa shape index (κ1) is 17.2. The van der Waals surface area contributed by atoms with Crippen molar-refractivity contribution in [3.05, 3.63) is 35.4 Å². The van der Waals surface area contributed by atoms with Gasteiger partial charge in [0.15, 0.2) is 0 Å². The third-order valence-electron chi connectivity index (χ3n) is 3.94. The number of nitrogens with zero attached hydrogens (tertiary/aromatic N) is 2. The first-order chi connectivity index (χ1) is 9.66. The molecule has 1 aromatic carbocycles. The Hall–Kier alpha value is -1.88. The molecule has 0 fully saturated rings. The van der Waals surface area contributed by atoms with E-state index >= 15 is 0 Å². The van der Waals surface area contributed by atoms with Gasteiger partial charge in [-0.2, -0.15) is 0 Å². The summed E-state index contributed by atoms with van der Waals surface area (Å²) >= 11 is 0. The van der Waals surface area contributed by atoms with Crippen molar-refractivity contribution in [2.24, 2.45) is 0 Å². The van der Waals surface area contributed by atoms with E-state index < -0.39 is 11.5 Å². The molecule has 116 valence electrons. The van der Waals surface area contributed by atoms with Crippen LogP contribution in [0.25, 0.3) is 0 Å². The predicted octanol–water partition coefficient (Wildman–Crippen LogP) is 1.75. The first-order valence-electron chi connectivity index (χ1n) is 6.89. The van der Waals surface area contributed by atoms with Crippen LogP contribution in [0.2, 0.25) is 0 Å². The van der Waals surface area contributed by atoms with Gasteiger partial charge in [-0.25, -0.2) is 0 Å². The first-order valence-corrected chi connectivity index (χ1v) is 6.89. The van der Waals surface area contributed by atoms with E-state index in [0.717, 1.165) is 11.1 Å². The second kappa shape index (κ2) is 6.72. The molecule has 0 aliphatic rings. The van der Waals surface area contributed by atoms with Gasteiger partial charge in [0.25, 0.3) is 0 Å². The zero-order valence-corrected chi connectivity index (χ0v) is 13.4. The van der Waals surface area contributed by atoms with E-state index in [9.17, 15) is 9.59 Å². The zero-order valence-electron chi connectivity index (χ0n) is 13.4. The van der Waals surface area contributed by atoms with Crippen molar-refractivity contribution in [2.75, 3.05) is 20.6 Å². The van der Waals surface area contributed by atoms with Crippen LogP contribution in [0.4, 0.5) is 0 Å². The lowest BCUT2D eigenvalue weighted by atomic mass is 10.0. The quantitative estimate of drug-likeness (QED) is 0.867. The van der Waals surface area contributed by atoms with Crippen LogP contribution < -0.4 is 0 Å². The number of amides is 1. The van der Waals surface area contributed by atoms with E-state index in [1.54, 1.807) is 37.7 Å². The lowest BCUT2D eigenvalue weighted by molar-refractivity contribution is -0.150. The molecule has 0 saturated carbocycles. The third-order valence-corrected chi connectivity index (χ3v) is 3.94. The molecule has 0 aliphatic heterocycles. The number of rotatable bonds is 6. The minimum Gasteiger partial charge on any atom is -0.480 e. The van der Waals surface area contributed by atoms with Crippen molar-refractivity contribution in [3.8, 4) is 0 Å². The molecule has 0 atom stereocenters. The highest BCUT2D eigenvalue weighted by Crippen LogP contribution is 2.14. The smallest absolute Gasteiger partial charge is 0.323 e. The van der Waals surface area contributed by atoms with Gasteiger partial charge in [0.1, 0.15) is 5.54 Å². The largest absolute Gasteiger partial charge is 0.480 e. The highest BCUT2D eigenvalue weighted by molar-refractivity contribution is 5.81. The molecule has 0 heterocycles. The fourth-order valence-electron chi connectivity index (χ4n) is 1.82. The molecule has 0 radical (unpaired) electrons. The number of hydrogen-bond acceptors (Lipinski definition) is 3. The monoisotopic (exact) mass is 292 g/mol. The Kier molecular flexibility index (Phi) is 5.49. The zero-order chi connectivity index (χ0) is 16.2. The van der Waals surface area contributed by atoms with Crippen molar-refractivity contribution in [1.29, 1.82) is 0 Å². The lowest BCUT2D eigenvalue weighted by Crippen LogP contribution is -2.51. The number of carbonyl (C=O) groups is 2. The van der Waals surface area contributed by atoms with E-state index in [2.05, 4.69) is 0 Å². The minimum atomic E-state index is -1.07. The van der Waals surface area contributed by atoms with Gasteiger partial charge in [-0.3, -0.25) is 14.5 Å². The molecule has 0 aromatic heterocycles. The summed E-state index contributed by atoms with van der Waals surface area (Å²) in [5.41, 5.74) is 1.16. The van der Waals surface area contributed by atoms with Gasteiger partial charge in [0.2, 0.25) is 5.91 Å². The maximum Gasteiger partial charge on any atom is 0.323 e. The Balaban J connectivity index is 2.68. The Morgan fingerprint density at radius 2 is 1.76 bits per heavy atom. The molecular weight excluding hydrogens is 268 g/mol. The summed E-state index contributed by atoms with van der Waals surface area (Å²) < 4.78 is 0. The van der Waals surface area contributed by atoms with Crippen LogP contribution >= 0.6 is 0 Å². The van der Waals surface area contributed by atoms with Gasteiger partial charge in [-0.05, 0) is 38.9 Å². The van der Waals surface area contributed by atoms with Crippen LogP contribution in [-0.2, 0) is 16.1 Å². The molecule has 0 spiro atoms. The molecule has 0 aliphatic carbocycles. The van der Waals surface area contributed by atoms with Crippen LogP contribution in [0.1, 0.15) is 25.0 Å². The standard InChI is InChI=1S/C16H24N2O3/c1-12-8-6-7-9-13(12)10-17(4)14(19)11-18(5)16(2,3)15(20)21/h6-9H,10-11H2,1-5H3,(H,20,21). The SMILES string of the molecule is Cc1ccccc1CN(C)C(=O)CN(C)C(C)(C)C(=O)O. The Bertz CT molecular complexity index is 526. The summed E-state index contributed by atoms with van der Waals surface area (Å²) in [6.45, 7) is 5.77. The maximum atomic E-state index is 12.2. The molecule has 1 N–H and O–H groups in total. The van der Waals surface area contributed by atoms with Crippen LogP contribution in [0.5, 0.6) is 0 Å². The number of aliphatic carboxylic acids is 1. The molecule has 1 aromatic rings. The molecule has 5 heteroatoms. The van der Waals surface area contributed by atoms with Crippen molar-refractivity contribution in [1.82, 2.24) is 9.80 Å². The average Bonchev–Trinajstić information content (AvgIpc) is 2.40. The highest BCUT2D eigenvalue weighted by atomic mass is 16.4.